The molecule has 1 N–H and O–H groups in total. The minimum atomic E-state index is -1.86. The molecule has 13 heteroatoms. The maximum absolute atomic E-state index is 13.9. The molecule has 2 amide bonds. The van der Waals surface area contributed by atoms with Gasteiger partial charge in [0.1, 0.15) is 31.1 Å². The summed E-state index contributed by atoms with van der Waals surface area (Å²) < 4.78 is 15.2. The van der Waals surface area contributed by atoms with Crippen molar-refractivity contribution in [3.05, 3.63) is 65.7 Å². The van der Waals surface area contributed by atoms with Crippen LogP contribution in [0.25, 0.3) is 10.9 Å². The standard InChI is InChI=1S/C29H30Cl3N3O7/c1-17(2)13-23-25(36)34-22-12-8-7-11-19(22)20(14-21(26(37)40-3)33-27(38)42-16-29(30,31)32)24(34)35(23)28(39)41-15-18-9-5-4-6-10-18/h4-12,17,21,23H,13-16H2,1-3H3,(H,33,38)/t21-,23+/m1/s1. The van der Waals surface area contributed by atoms with Crippen molar-refractivity contribution in [3.8, 4) is 0 Å². The highest BCUT2D eigenvalue weighted by molar-refractivity contribution is 6.67. The van der Waals surface area contributed by atoms with Crippen LogP contribution in [0.3, 0.4) is 0 Å². The van der Waals surface area contributed by atoms with Crippen molar-refractivity contribution >= 4 is 75.6 Å². The van der Waals surface area contributed by atoms with E-state index in [1.807, 2.05) is 44.2 Å². The number of amides is 2. The Balaban J connectivity index is 1.75. The van der Waals surface area contributed by atoms with Gasteiger partial charge in [0.05, 0.1) is 12.6 Å². The first-order valence-corrected chi connectivity index (χ1v) is 14.3. The van der Waals surface area contributed by atoms with Gasteiger partial charge in [-0.15, -0.1) is 0 Å². The summed E-state index contributed by atoms with van der Waals surface area (Å²) in [5, 5.41) is 3.05. The van der Waals surface area contributed by atoms with Gasteiger partial charge in [0.25, 0.3) is 5.91 Å². The van der Waals surface area contributed by atoms with E-state index in [0.717, 1.165) is 5.56 Å². The number of carbonyl (C=O) groups is 4. The van der Waals surface area contributed by atoms with Crippen LogP contribution in [0.2, 0.25) is 0 Å². The summed E-state index contributed by atoms with van der Waals surface area (Å²) in [6.07, 6.45) is -1.52. The van der Waals surface area contributed by atoms with E-state index in [4.69, 9.17) is 49.0 Å². The number of halogens is 3. The number of rotatable bonds is 9. The smallest absolute Gasteiger partial charge is 0.416 e. The number of alkyl carbamates (subject to hydrolysis) is 1. The fourth-order valence-electron chi connectivity index (χ4n) is 4.90. The average Bonchev–Trinajstić information content (AvgIpc) is 3.41. The third-order valence-corrected chi connectivity index (χ3v) is 6.97. The van der Waals surface area contributed by atoms with E-state index < -0.39 is 40.6 Å². The van der Waals surface area contributed by atoms with Gasteiger partial charge in [0.15, 0.2) is 0 Å². The largest absolute Gasteiger partial charge is 0.467 e. The molecule has 0 radical (unpaired) electrons. The second-order valence-corrected chi connectivity index (χ2v) is 12.7. The predicted molar refractivity (Wildman–Crippen MR) is 159 cm³/mol. The number of methoxy groups -OCH3 is 1. The first kappa shape index (κ1) is 31.5. The molecule has 0 unspecified atom stereocenters. The maximum atomic E-state index is 13.9. The van der Waals surface area contributed by atoms with Gasteiger partial charge >= 0.3 is 18.2 Å². The first-order chi connectivity index (χ1) is 19.9. The van der Waals surface area contributed by atoms with E-state index in [1.54, 1.807) is 24.3 Å². The van der Waals surface area contributed by atoms with Crippen LogP contribution < -0.4 is 10.2 Å². The highest BCUT2D eigenvalue weighted by atomic mass is 35.6. The van der Waals surface area contributed by atoms with E-state index in [9.17, 15) is 19.2 Å². The summed E-state index contributed by atoms with van der Waals surface area (Å²) in [5.74, 6) is -0.760. The summed E-state index contributed by atoms with van der Waals surface area (Å²) in [6, 6.07) is 14.1. The van der Waals surface area contributed by atoms with Crippen LogP contribution in [0.5, 0.6) is 0 Å². The van der Waals surface area contributed by atoms with Gasteiger partial charge in [-0.3, -0.25) is 9.36 Å². The lowest BCUT2D eigenvalue weighted by Crippen LogP contribution is -2.45. The molecule has 1 aliphatic rings. The van der Waals surface area contributed by atoms with Gasteiger partial charge in [-0.1, -0.05) is 97.2 Å². The summed E-state index contributed by atoms with van der Waals surface area (Å²) in [7, 11) is 1.17. The molecule has 0 bridgehead atoms. The van der Waals surface area contributed by atoms with Gasteiger partial charge in [0.2, 0.25) is 3.79 Å². The molecule has 1 aliphatic heterocycles. The van der Waals surface area contributed by atoms with Crippen molar-refractivity contribution in [1.29, 1.82) is 0 Å². The number of hydrogen-bond acceptors (Lipinski definition) is 7. The average molecular weight is 639 g/mol. The lowest BCUT2D eigenvalue weighted by atomic mass is 10.0. The van der Waals surface area contributed by atoms with Gasteiger partial charge in [-0.25, -0.2) is 19.3 Å². The normalized spacial score (nSPS) is 15.5. The molecule has 224 valence electrons. The molecule has 0 aliphatic carbocycles. The van der Waals surface area contributed by atoms with Crippen molar-refractivity contribution in [3.63, 3.8) is 0 Å². The molecule has 10 nitrogen and oxygen atoms in total. The van der Waals surface area contributed by atoms with E-state index in [1.165, 1.54) is 16.6 Å². The molecular weight excluding hydrogens is 609 g/mol. The lowest BCUT2D eigenvalue weighted by Gasteiger charge is -2.25. The highest BCUT2D eigenvalue weighted by Crippen LogP contribution is 2.41. The van der Waals surface area contributed by atoms with E-state index >= 15 is 0 Å². The van der Waals surface area contributed by atoms with Gasteiger partial charge in [-0.2, -0.15) is 0 Å². The van der Waals surface area contributed by atoms with Gasteiger partial charge in [0, 0.05) is 17.4 Å². The zero-order valence-electron chi connectivity index (χ0n) is 23.1. The Morgan fingerprint density at radius 2 is 1.67 bits per heavy atom. The number of aromatic nitrogens is 1. The van der Waals surface area contributed by atoms with Crippen molar-refractivity contribution < 1.29 is 33.4 Å². The predicted octanol–water partition coefficient (Wildman–Crippen LogP) is 6.03. The Kier molecular flexibility index (Phi) is 9.91. The van der Waals surface area contributed by atoms with Crippen molar-refractivity contribution in [1.82, 2.24) is 9.88 Å². The van der Waals surface area contributed by atoms with E-state index in [0.29, 0.717) is 22.9 Å². The number of esters is 1. The molecule has 2 aromatic carbocycles. The number of anilines is 1. The van der Waals surface area contributed by atoms with Crippen LogP contribution in [-0.2, 0) is 32.0 Å². The number of fused-ring (bicyclic) bond motifs is 3. The molecule has 1 aromatic heterocycles. The van der Waals surface area contributed by atoms with Crippen molar-refractivity contribution in [2.75, 3.05) is 18.6 Å². The fourth-order valence-corrected chi connectivity index (χ4v) is 5.07. The van der Waals surface area contributed by atoms with E-state index in [2.05, 4.69) is 5.32 Å². The molecule has 42 heavy (non-hydrogen) atoms. The number of nitrogens with one attached hydrogen (secondary N) is 1. The molecule has 2 heterocycles. The number of hydrogen-bond donors (Lipinski definition) is 1. The minimum absolute atomic E-state index is 0.00425. The van der Waals surface area contributed by atoms with Crippen LogP contribution >= 0.6 is 34.8 Å². The van der Waals surface area contributed by atoms with Crippen molar-refractivity contribution in [2.24, 2.45) is 5.92 Å². The molecule has 0 spiro atoms. The Morgan fingerprint density at radius 1 is 1.00 bits per heavy atom. The summed E-state index contributed by atoms with van der Waals surface area (Å²) in [4.78, 5) is 54.2. The summed E-state index contributed by atoms with van der Waals surface area (Å²) >= 11 is 17.0. The number of carbonyl (C=O) groups excluding carboxylic acids is 4. The topological polar surface area (TPSA) is 116 Å². The molecule has 3 aromatic rings. The summed E-state index contributed by atoms with van der Waals surface area (Å²) in [5.41, 5.74) is 1.78. The maximum Gasteiger partial charge on any atom is 0.416 e. The monoisotopic (exact) mass is 637 g/mol. The van der Waals surface area contributed by atoms with Crippen LogP contribution in [-0.4, -0.2) is 58.2 Å². The first-order valence-electron chi connectivity index (χ1n) is 13.2. The zero-order chi connectivity index (χ0) is 30.6. The Morgan fingerprint density at radius 3 is 2.31 bits per heavy atom. The van der Waals surface area contributed by atoms with E-state index in [-0.39, 0.29) is 30.7 Å². The Hall–Kier alpha value is -3.47. The number of benzene rings is 2. The van der Waals surface area contributed by atoms with Crippen LogP contribution in [0.15, 0.2) is 54.6 Å². The highest BCUT2D eigenvalue weighted by Gasteiger charge is 2.46. The molecule has 0 fully saturated rings. The minimum Gasteiger partial charge on any atom is -0.467 e. The number of nitrogens with zero attached hydrogens (tertiary/aromatic N) is 2. The molecule has 4 rings (SSSR count). The van der Waals surface area contributed by atoms with Crippen LogP contribution in [0, 0.1) is 5.92 Å². The molecule has 0 saturated carbocycles. The Labute approximate surface area is 257 Å². The second-order valence-electron chi connectivity index (χ2n) is 10.2. The third-order valence-electron chi connectivity index (χ3n) is 6.65. The van der Waals surface area contributed by atoms with Crippen molar-refractivity contribution in [2.45, 2.75) is 49.2 Å². The summed E-state index contributed by atoms with van der Waals surface area (Å²) in [6.45, 7) is 3.34. The van der Waals surface area contributed by atoms with Crippen LogP contribution in [0.1, 0.15) is 36.2 Å². The molecule has 0 saturated heterocycles. The quantitative estimate of drug-likeness (QED) is 0.173. The van der Waals surface area contributed by atoms with Gasteiger partial charge in [-0.05, 0) is 24.0 Å². The molecule has 2 atom stereocenters. The number of alkyl halides is 3. The third kappa shape index (κ3) is 7.11. The second kappa shape index (κ2) is 13.2. The van der Waals surface area contributed by atoms with Crippen LogP contribution in [0.4, 0.5) is 15.4 Å². The number of para-hydroxylation sites is 1. The number of ether oxygens (including phenoxy) is 3. The fraction of sp³-hybridized carbons (Fsp3) is 0.379. The zero-order valence-corrected chi connectivity index (χ0v) is 25.4. The molecular formula is C29H30Cl3N3O7. The lowest BCUT2D eigenvalue weighted by molar-refractivity contribution is -0.142. The Bertz CT molecular complexity index is 1470. The SMILES string of the molecule is COC(=O)[C@@H](Cc1c2n(c3ccccc13)C(=O)[C@H](CC(C)C)N2C(=O)OCc1ccccc1)NC(=O)OCC(Cl)(Cl)Cl. The van der Waals surface area contributed by atoms with Gasteiger partial charge < -0.3 is 19.5 Å².